The van der Waals surface area contributed by atoms with Gasteiger partial charge in [-0.3, -0.25) is 9.79 Å². The summed E-state index contributed by atoms with van der Waals surface area (Å²) in [5.74, 6) is 0.627. The fraction of sp³-hybridized carbons (Fsp3) is 0.412. The second-order valence-corrected chi connectivity index (χ2v) is 6.69. The van der Waals surface area contributed by atoms with Gasteiger partial charge in [-0.05, 0) is 31.9 Å². The Morgan fingerprint density at radius 1 is 1.22 bits per heavy atom. The van der Waals surface area contributed by atoms with Crippen LogP contribution in [0.4, 0.5) is 0 Å². The van der Waals surface area contributed by atoms with E-state index in [1.165, 1.54) is 11.3 Å². The first-order valence-corrected chi connectivity index (χ1v) is 9.66. The topological polar surface area (TPSA) is 91.3 Å². The van der Waals surface area contributed by atoms with E-state index in [0.717, 1.165) is 30.2 Å². The Hall–Kier alpha value is -1.46. The van der Waals surface area contributed by atoms with Gasteiger partial charge in [0.2, 0.25) is 0 Å². The number of hydrogen-bond donors (Lipinski definition) is 3. The van der Waals surface area contributed by atoms with Gasteiger partial charge >= 0.3 is 0 Å². The number of nitrogens with one attached hydrogen (secondary N) is 3. The summed E-state index contributed by atoms with van der Waals surface area (Å²) < 4.78 is 0. The molecule has 27 heavy (non-hydrogen) atoms. The molecular formula is C17H24ClIN6OS. The molecular weight excluding hydrogens is 499 g/mol. The van der Waals surface area contributed by atoms with Crippen molar-refractivity contribution in [3.8, 4) is 0 Å². The van der Waals surface area contributed by atoms with E-state index in [4.69, 9.17) is 11.6 Å². The second kappa shape index (κ2) is 12.8. The van der Waals surface area contributed by atoms with E-state index in [1.807, 2.05) is 19.9 Å². The molecule has 0 aliphatic heterocycles. The first kappa shape index (κ1) is 23.6. The van der Waals surface area contributed by atoms with Crippen molar-refractivity contribution in [1.82, 2.24) is 25.9 Å². The minimum Gasteiger partial charge on any atom is -0.357 e. The van der Waals surface area contributed by atoms with E-state index in [0.29, 0.717) is 29.7 Å². The number of pyridine rings is 1. The highest BCUT2D eigenvalue weighted by atomic mass is 127. The SMILES string of the molecule is CCNC(=NCCc1ccc(Cl)nc1)NCCNC(=O)c1scnc1C.I. The zero-order valence-electron chi connectivity index (χ0n) is 15.3. The predicted molar refractivity (Wildman–Crippen MR) is 122 cm³/mol. The van der Waals surface area contributed by atoms with Crippen LogP contribution in [0.15, 0.2) is 28.8 Å². The molecule has 3 N–H and O–H groups in total. The van der Waals surface area contributed by atoms with Crippen molar-refractivity contribution in [2.24, 2.45) is 4.99 Å². The highest BCUT2D eigenvalue weighted by Crippen LogP contribution is 2.11. The molecule has 0 aliphatic carbocycles. The van der Waals surface area contributed by atoms with Gasteiger partial charge in [-0.1, -0.05) is 17.7 Å². The number of rotatable bonds is 8. The van der Waals surface area contributed by atoms with E-state index in [2.05, 4.69) is 30.9 Å². The average Bonchev–Trinajstić information content (AvgIpc) is 3.06. The zero-order chi connectivity index (χ0) is 18.8. The molecule has 0 saturated heterocycles. The zero-order valence-corrected chi connectivity index (χ0v) is 19.2. The van der Waals surface area contributed by atoms with Crippen LogP contribution in [0.3, 0.4) is 0 Å². The summed E-state index contributed by atoms with van der Waals surface area (Å²) in [6.45, 7) is 6.32. The summed E-state index contributed by atoms with van der Waals surface area (Å²) in [5, 5.41) is 9.76. The number of carbonyl (C=O) groups excluding carboxylic acids is 1. The lowest BCUT2D eigenvalue weighted by Crippen LogP contribution is -2.41. The van der Waals surface area contributed by atoms with Crippen molar-refractivity contribution < 1.29 is 4.79 Å². The molecule has 0 bridgehead atoms. The minimum atomic E-state index is -0.0935. The van der Waals surface area contributed by atoms with Crippen molar-refractivity contribution in [3.05, 3.63) is 45.1 Å². The lowest BCUT2D eigenvalue weighted by atomic mass is 10.2. The number of halogens is 2. The van der Waals surface area contributed by atoms with E-state index in [-0.39, 0.29) is 29.9 Å². The van der Waals surface area contributed by atoms with Crippen LogP contribution < -0.4 is 16.0 Å². The fourth-order valence-electron chi connectivity index (χ4n) is 2.15. The van der Waals surface area contributed by atoms with Gasteiger partial charge in [0.1, 0.15) is 10.0 Å². The van der Waals surface area contributed by atoms with E-state index >= 15 is 0 Å². The summed E-state index contributed by atoms with van der Waals surface area (Å²) >= 11 is 7.13. The fourth-order valence-corrected chi connectivity index (χ4v) is 2.98. The van der Waals surface area contributed by atoms with Gasteiger partial charge in [0.15, 0.2) is 5.96 Å². The Labute approximate surface area is 185 Å². The summed E-state index contributed by atoms with van der Waals surface area (Å²) in [7, 11) is 0. The molecule has 7 nitrogen and oxygen atoms in total. The van der Waals surface area contributed by atoms with Gasteiger partial charge < -0.3 is 16.0 Å². The Balaban J connectivity index is 0.00000364. The van der Waals surface area contributed by atoms with Gasteiger partial charge in [-0.2, -0.15) is 0 Å². The van der Waals surface area contributed by atoms with E-state index < -0.39 is 0 Å². The van der Waals surface area contributed by atoms with Crippen molar-refractivity contribution in [2.75, 3.05) is 26.2 Å². The molecule has 0 spiro atoms. The first-order valence-electron chi connectivity index (χ1n) is 8.41. The van der Waals surface area contributed by atoms with Gasteiger partial charge in [0, 0.05) is 32.4 Å². The minimum absolute atomic E-state index is 0. The number of guanidine groups is 1. The van der Waals surface area contributed by atoms with Gasteiger partial charge in [-0.25, -0.2) is 9.97 Å². The van der Waals surface area contributed by atoms with Crippen LogP contribution in [0.5, 0.6) is 0 Å². The highest BCUT2D eigenvalue weighted by Gasteiger charge is 2.10. The Bertz CT molecular complexity index is 737. The van der Waals surface area contributed by atoms with E-state index in [1.54, 1.807) is 17.8 Å². The molecule has 2 rings (SSSR count). The molecule has 0 aromatic carbocycles. The largest absolute Gasteiger partial charge is 0.357 e. The molecule has 2 aromatic heterocycles. The Morgan fingerprint density at radius 2 is 2.00 bits per heavy atom. The van der Waals surface area contributed by atoms with Crippen LogP contribution in [-0.4, -0.2) is 48.0 Å². The third-order valence-electron chi connectivity index (χ3n) is 3.46. The molecule has 0 aliphatic rings. The monoisotopic (exact) mass is 522 g/mol. The van der Waals surface area contributed by atoms with Crippen LogP contribution in [0.2, 0.25) is 5.15 Å². The number of aliphatic imine (C=N–C) groups is 1. The van der Waals surface area contributed by atoms with Gasteiger partial charge in [-0.15, -0.1) is 35.3 Å². The van der Waals surface area contributed by atoms with Crippen LogP contribution in [0.25, 0.3) is 0 Å². The van der Waals surface area contributed by atoms with Crippen LogP contribution in [0, 0.1) is 6.92 Å². The molecule has 148 valence electrons. The molecule has 0 atom stereocenters. The highest BCUT2D eigenvalue weighted by molar-refractivity contribution is 14.0. The average molecular weight is 523 g/mol. The standard InChI is InChI=1S/C17H23ClN6OS.HI/c1-3-19-17(21-7-6-13-4-5-14(18)23-10-13)22-9-8-20-16(25)15-12(2)24-11-26-15;/h4-5,10-11H,3,6-9H2,1-2H3,(H,20,25)(H2,19,21,22);1H. The number of aryl methyl sites for hydroxylation is 1. The molecule has 2 heterocycles. The maximum Gasteiger partial charge on any atom is 0.263 e. The lowest BCUT2D eigenvalue weighted by Gasteiger charge is -2.11. The van der Waals surface area contributed by atoms with Crippen LogP contribution in [-0.2, 0) is 6.42 Å². The maximum atomic E-state index is 12.0. The lowest BCUT2D eigenvalue weighted by molar-refractivity contribution is 0.0957. The summed E-state index contributed by atoms with van der Waals surface area (Å²) in [6, 6.07) is 3.72. The van der Waals surface area contributed by atoms with Crippen molar-refractivity contribution >= 4 is 58.8 Å². The van der Waals surface area contributed by atoms with Crippen LogP contribution >= 0.6 is 46.9 Å². The van der Waals surface area contributed by atoms with Gasteiger partial charge in [0.05, 0.1) is 11.2 Å². The molecule has 2 aromatic rings. The summed E-state index contributed by atoms with van der Waals surface area (Å²) in [4.78, 5) is 25.3. The number of carbonyl (C=O) groups is 1. The number of hydrogen-bond acceptors (Lipinski definition) is 5. The normalized spacial score (nSPS) is 10.9. The van der Waals surface area contributed by atoms with Gasteiger partial charge in [0.25, 0.3) is 5.91 Å². The summed E-state index contributed by atoms with van der Waals surface area (Å²) in [5.41, 5.74) is 3.52. The smallest absolute Gasteiger partial charge is 0.263 e. The van der Waals surface area contributed by atoms with Crippen molar-refractivity contribution in [2.45, 2.75) is 20.3 Å². The van der Waals surface area contributed by atoms with Crippen molar-refractivity contribution in [3.63, 3.8) is 0 Å². The number of amides is 1. The molecule has 0 saturated carbocycles. The van der Waals surface area contributed by atoms with Crippen LogP contribution in [0.1, 0.15) is 27.9 Å². The molecule has 1 amide bonds. The Kier molecular flexibility index (Phi) is 11.2. The van der Waals surface area contributed by atoms with E-state index in [9.17, 15) is 4.79 Å². The molecule has 0 fully saturated rings. The molecule has 10 heteroatoms. The molecule has 0 unspecified atom stereocenters. The quantitative estimate of drug-likeness (QED) is 0.163. The predicted octanol–water partition coefficient (Wildman–Crippen LogP) is 2.65. The Morgan fingerprint density at radius 3 is 2.63 bits per heavy atom. The molecule has 0 radical (unpaired) electrons. The maximum absolute atomic E-state index is 12.0. The number of nitrogens with zero attached hydrogens (tertiary/aromatic N) is 3. The number of thiazole rings is 1. The third kappa shape index (κ3) is 8.39. The summed E-state index contributed by atoms with van der Waals surface area (Å²) in [6.07, 6.45) is 2.54. The third-order valence-corrected chi connectivity index (χ3v) is 4.61. The second-order valence-electron chi connectivity index (χ2n) is 5.45. The first-order chi connectivity index (χ1) is 12.6. The van der Waals surface area contributed by atoms with Crippen molar-refractivity contribution in [1.29, 1.82) is 0 Å². The number of aromatic nitrogens is 2.